The third-order valence-corrected chi connectivity index (χ3v) is 6.16. The molecule has 1 aromatic carbocycles. The monoisotopic (exact) mass is 381 g/mol. The highest BCUT2D eigenvalue weighted by Crippen LogP contribution is 2.35. The Hall–Kier alpha value is -1.52. The van der Waals surface area contributed by atoms with E-state index in [4.69, 9.17) is 0 Å². The van der Waals surface area contributed by atoms with Crippen molar-refractivity contribution in [2.45, 2.75) is 83.4 Å². The van der Waals surface area contributed by atoms with E-state index in [0.717, 1.165) is 63.5 Å². The molecule has 2 saturated carbocycles. The molecule has 0 unspecified atom stereocenters. The SMILES string of the molecule is Cc1cc(N[C@@H](C(=O)C2CCCCC2)C2CCCCC2)cc(C(F)(F)F)c1. The van der Waals surface area contributed by atoms with Crippen molar-refractivity contribution in [1.82, 2.24) is 0 Å². The van der Waals surface area contributed by atoms with Gasteiger partial charge < -0.3 is 5.32 Å². The second-order valence-electron chi connectivity index (χ2n) is 8.34. The lowest BCUT2D eigenvalue weighted by Gasteiger charge is -2.34. The molecular weight excluding hydrogens is 351 g/mol. The topological polar surface area (TPSA) is 29.1 Å². The van der Waals surface area contributed by atoms with Crippen molar-refractivity contribution in [3.8, 4) is 0 Å². The number of Topliss-reactive ketones (excluding diaryl/α,β-unsaturated/α-hetero) is 1. The van der Waals surface area contributed by atoms with Crippen molar-refractivity contribution in [3.63, 3.8) is 0 Å². The van der Waals surface area contributed by atoms with E-state index in [1.54, 1.807) is 13.0 Å². The van der Waals surface area contributed by atoms with Crippen molar-refractivity contribution < 1.29 is 18.0 Å². The van der Waals surface area contributed by atoms with Crippen molar-refractivity contribution in [2.75, 3.05) is 5.32 Å². The average Bonchev–Trinajstić information content (AvgIpc) is 2.66. The Kier molecular flexibility index (Phi) is 6.48. The van der Waals surface area contributed by atoms with Gasteiger partial charge in [0.1, 0.15) is 0 Å². The molecule has 0 spiro atoms. The van der Waals surface area contributed by atoms with Crippen LogP contribution in [-0.4, -0.2) is 11.8 Å². The summed E-state index contributed by atoms with van der Waals surface area (Å²) in [7, 11) is 0. The molecule has 1 N–H and O–H groups in total. The maximum absolute atomic E-state index is 13.3. The molecule has 2 aliphatic carbocycles. The highest BCUT2D eigenvalue weighted by atomic mass is 19.4. The first-order valence-electron chi connectivity index (χ1n) is 10.3. The summed E-state index contributed by atoms with van der Waals surface area (Å²) in [5, 5.41) is 3.25. The van der Waals surface area contributed by atoms with Gasteiger partial charge in [-0.15, -0.1) is 0 Å². The number of carbonyl (C=O) groups excluding carboxylic acids is 1. The van der Waals surface area contributed by atoms with E-state index in [1.165, 1.54) is 12.8 Å². The van der Waals surface area contributed by atoms with E-state index in [2.05, 4.69) is 5.32 Å². The van der Waals surface area contributed by atoms with E-state index >= 15 is 0 Å². The van der Waals surface area contributed by atoms with Crippen LogP contribution in [0.3, 0.4) is 0 Å². The normalized spacial score (nSPS) is 21.0. The Morgan fingerprint density at radius 2 is 1.56 bits per heavy atom. The molecule has 2 nitrogen and oxygen atoms in total. The molecule has 2 fully saturated rings. The minimum absolute atomic E-state index is 0.0603. The fraction of sp³-hybridized carbons (Fsp3) is 0.682. The van der Waals surface area contributed by atoms with Gasteiger partial charge in [0.25, 0.3) is 0 Å². The van der Waals surface area contributed by atoms with Crippen LogP contribution in [0.1, 0.15) is 75.3 Å². The maximum atomic E-state index is 13.3. The second-order valence-corrected chi connectivity index (χ2v) is 8.34. The minimum Gasteiger partial charge on any atom is -0.375 e. The van der Waals surface area contributed by atoms with Gasteiger partial charge in [-0.1, -0.05) is 38.5 Å². The van der Waals surface area contributed by atoms with Gasteiger partial charge in [0.05, 0.1) is 11.6 Å². The van der Waals surface area contributed by atoms with E-state index in [9.17, 15) is 18.0 Å². The molecule has 3 rings (SSSR count). The Morgan fingerprint density at radius 3 is 2.15 bits per heavy atom. The molecule has 0 amide bonds. The van der Waals surface area contributed by atoms with Crippen LogP contribution in [0.15, 0.2) is 18.2 Å². The van der Waals surface area contributed by atoms with Crippen molar-refractivity contribution >= 4 is 11.5 Å². The summed E-state index contributed by atoms with van der Waals surface area (Å²) in [6.45, 7) is 1.67. The Bertz CT molecular complexity index is 643. The van der Waals surface area contributed by atoms with Gasteiger partial charge in [-0.05, 0) is 62.3 Å². The molecule has 0 aromatic heterocycles. The van der Waals surface area contributed by atoms with Gasteiger partial charge in [0.2, 0.25) is 0 Å². The van der Waals surface area contributed by atoms with Crippen LogP contribution in [0.4, 0.5) is 18.9 Å². The highest BCUT2D eigenvalue weighted by Gasteiger charge is 2.35. The van der Waals surface area contributed by atoms with E-state index < -0.39 is 11.7 Å². The van der Waals surface area contributed by atoms with Gasteiger partial charge in [0, 0.05) is 11.6 Å². The fourth-order valence-electron chi connectivity index (χ4n) is 4.74. The predicted octanol–water partition coefficient (Wildman–Crippen LogP) is 6.52. The lowest BCUT2D eigenvalue weighted by atomic mass is 9.76. The van der Waals surface area contributed by atoms with Crippen LogP contribution in [0.5, 0.6) is 0 Å². The summed E-state index contributed by atoms with van der Waals surface area (Å²) in [5.74, 6) is 0.504. The van der Waals surface area contributed by atoms with Gasteiger partial charge in [-0.3, -0.25) is 4.79 Å². The number of halogens is 3. The molecule has 0 heterocycles. The standard InChI is InChI=1S/C22H30F3NO/c1-15-12-18(22(23,24)25)14-19(13-15)26-20(16-8-4-2-5-9-16)21(27)17-10-6-3-7-11-17/h12-14,16-17,20,26H,2-11H2,1H3/t20-/m1/s1. The number of rotatable bonds is 5. The Morgan fingerprint density at radius 1 is 0.963 bits per heavy atom. The largest absolute Gasteiger partial charge is 0.416 e. The first-order chi connectivity index (χ1) is 12.8. The van der Waals surface area contributed by atoms with Gasteiger partial charge in [-0.2, -0.15) is 13.2 Å². The van der Waals surface area contributed by atoms with Crippen molar-refractivity contribution in [1.29, 1.82) is 0 Å². The summed E-state index contributed by atoms with van der Waals surface area (Å²) >= 11 is 0. The van der Waals surface area contributed by atoms with Gasteiger partial charge in [0.15, 0.2) is 5.78 Å². The average molecular weight is 381 g/mol. The van der Waals surface area contributed by atoms with E-state index in [0.29, 0.717) is 11.3 Å². The number of anilines is 1. The first-order valence-corrected chi connectivity index (χ1v) is 10.3. The summed E-state index contributed by atoms with van der Waals surface area (Å²) in [5.41, 5.74) is 0.319. The number of hydrogen-bond acceptors (Lipinski definition) is 2. The predicted molar refractivity (Wildman–Crippen MR) is 102 cm³/mol. The number of benzene rings is 1. The molecule has 1 aromatic rings. The molecule has 27 heavy (non-hydrogen) atoms. The lowest BCUT2D eigenvalue weighted by molar-refractivity contribution is -0.137. The zero-order chi connectivity index (χ0) is 19.4. The number of hydrogen-bond donors (Lipinski definition) is 1. The molecule has 0 bridgehead atoms. The molecular formula is C22H30F3NO. The Labute approximate surface area is 159 Å². The van der Waals surface area contributed by atoms with Crippen LogP contribution < -0.4 is 5.32 Å². The highest BCUT2D eigenvalue weighted by molar-refractivity contribution is 5.89. The number of nitrogens with one attached hydrogen (secondary N) is 1. The number of ketones is 1. The summed E-state index contributed by atoms with van der Waals surface area (Å²) in [6, 6.07) is 3.66. The quantitative estimate of drug-likeness (QED) is 0.629. The van der Waals surface area contributed by atoms with Gasteiger partial charge >= 0.3 is 6.18 Å². The number of aryl methyl sites for hydroxylation is 1. The zero-order valence-electron chi connectivity index (χ0n) is 16.1. The van der Waals surface area contributed by atoms with Crippen molar-refractivity contribution in [2.24, 2.45) is 11.8 Å². The number of carbonyl (C=O) groups is 1. The summed E-state index contributed by atoms with van der Waals surface area (Å²) in [6.07, 6.45) is 6.15. The molecule has 0 aliphatic heterocycles. The minimum atomic E-state index is -4.38. The van der Waals surface area contributed by atoms with Crippen LogP contribution in [0, 0.1) is 18.8 Å². The Balaban J connectivity index is 1.84. The third kappa shape index (κ3) is 5.26. The molecule has 2 aliphatic rings. The zero-order valence-corrected chi connectivity index (χ0v) is 16.1. The molecule has 5 heteroatoms. The van der Waals surface area contributed by atoms with Crippen LogP contribution >= 0.6 is 0 Å². The molecule has 0 radical (unpaired) electrons. The second kappa shape index (κ2) is 8.66. The molecule has 150 valence electrons. The van der Waals surface area contributed by atoms with Crippen LogP contribution in [0.25, 0.3) is 0 Å². The number of alkyl halides is 3. The third-order valence-electron chi connectivity index (χ3n) is 6.16. The lowest BCUT2D eigenvalue weighted by Crippen LogP contribution is -2.42. The van der Waals surface area contributed by atoms with Crippen molar-refractivity contribution in [3.05, 3.63) is 29.3 Å². The van der Waals surface area contributed by atoms with Crippen LogP contribution in [-0.2, 0) is 11.0 Å². The summed E-state index contributed by atoms with van der Waals surface area (Å²) in [4.78, 5) is 13.3. The molecule has 1 atom stereocenters. The van der Waals surface area contributed by atoms with Crippen LogP contribution in [0.2, 0.25) is 0 Å². The first kappa shape index (κ1) is 20.2. The van der Waals surface area contributed by atoms with Gasteiger partial charge in [-0.25, -0.2) is 0 Å². The fourth-order valence-corrected chi connectivity index (χ4v) is 4.74. The van der Waals surface area contributed by atoms with E-state index in [-0.39, 0.29) is 23.7 Å². The molecule has 0 saturated heterocycles. The van der Waals surface area contributed by atoms with E-state index in [1.807, 2.05) is 0 Å². The smallest absolute Gasteiger partial charge is 0.375 e. The summed E-state index contributed by atoms with van der Waals surface area (Å²) < 4.78 is 39.6. The maximum Gasteiger partial charge on any atom is 0.416 e.